The molecule has 0 spiro atoms. The van der Waals surface area contributed by atoms with Gasteiger partial charge in [0.2, 0.25) is 5.78 Å². The molecular weight excluding hydrogens is 308 g/mol. The van der Waals surface area contributed by atoms with Gasteiger partial charge in [0.05, 0.1) is 12.1 Å². The lowest BCUT2D eigenvalue weighted by Gasteiger charge is -2.05. The molecule has 0 fully saturated rings. The number of fused-ring (bicyclic) bond motifs is 1. The lowest BCUT2D eigenvalue weighted by molar-refractivity contribution is -0.141. The minimum absolute atomic E-state index is 0.0430. The Labute approximate surface area is 138 Å². The van der Waals surface area contributed by atoms with Gasteiger partial charge in [0.25, 0.3) is 0 Å². The van der Waals surface area contributed by atoms with Gasteiger partial charge in [0.1, 0.15) is 5.76 Å². The van der Waals surface area contributed by atoms with Crippen molar-refractivity contribution in [2.75, 3.05) is 6.61 Å². The Morgan fingerprint density at radius 2 is 1.96 bits per heavy atom. The number of H-pyrrole nitrogens is 1. The Balaban J connectivity index is 1.69. The van der Waals surface area contributed by atoms with Crippen molar-refractivity contribution in [1.29, 1.82) is 0 Å². The number of benzene rings is 1. The standard InChI is InChI=1S/C18H18N2O4/c1-10-14(12(3)24-20-10)8-17(22)23-9-16(21)18-11(2)19-15-7-5-4-6-13(15)18/h4-7,19H,8-9H2,1-3H3. The molecule has 0 saturated heterocycles. The molecule has 0 radical (unpaired) electrons. The largest absolute Gasteiger partial charge is 0.457 e. The van der Waals surface area contributed by atoms with Gasteiger partial charge in [0, 0.05) is 27.7 Å². The van der Waals surface area contributed by atoms with E-state index in [4.69, 9.17) is 9.26 Å². The predicted octanol–water partition coefficient (Wildman–Crippen LogP) is 3.05. The Kier molecular flexibility index (Phi) is 4.20. The summed E-state index contributed by atoms with van der Waals surface area (Å²) in [6.07, 6.45) is 0.0430. The van der Waals surface area contributed by atoms with Gasteiger partial charge in [-0.05, 0) is 26.8 Å². The van der Waals surface area contributed by atoms with E-state index < -0.39 is 5.97 Å². The van der Waals surface area contributed by atoms with Crippen LogP contribution >= 0.6 is 0 Å². The number of Topliss-reactive ketones (excluding diaryl/α,β-unsaturated/α-hetero) is 1. The van der Waals surface area contributed by atoms with E-state index in [-0.39, 0.29) is 18.8 Å². The fourth-order valence-corrected chi connectivity index (χ4v) is 2.80. The molecule has 0 aliphatic heterocycles. The van der Waals surface area contributed by atoms with Crippen molar-refractivity contribution in [3.8, 4) is 0 Å². The number of aromatic amines is 1. The summed E-state index contributed by atoms with van der Waals surface area (Å²) < 4.78 is 10.2. The molecule has 2 heterocycles. The molecule has 0 atom stereocenters. The van der Waals surface area contributed by atoms with Crippen molar-refractivity contribution in [2.24, 2.45) is 0 Å². The van der Waals surface area contributed by atoms with Crippen molar-refractivity contribution < 1.29 is 18.8 Å². The van der Waals surface area contributed by atoms with Gasteiger partial charge >= 0.3 is 5.97 Å². The minimum atomic E-state index is -0.477. The number of para-hydroxylation sites is 1. The van der Waals surface area contributed by atoms with E-state index in [1.165, 1.54) is 0 Å². The zero-order valence-electron chi connectivity index (χ0n) is 13.8. The van der Waals surface area contributed by atoms with Gasteiger partial charge in [-0.25, -0.2) is 0 Å². The van der Waals surface area contributed by atoms with Gasteiger partial charge in [-0.1, -0.05) is 23.4 Å². The zero-order chi connectivity index (χ0) is 17.3. The van der Waals surface area contributed by atoms with E-state index in [0.717, 1.165) is 16.6 Å². The van der Waals surface area contributed by atoms with Gasteiger partial charge in [0.15, 0.2) is 6.61 Å². The average Bonchev–Trinajstić information content (AvgIpc) is 3.05. The summed E-state index contributed by atoms with van der Waals surface area (Å²) in [5, 5.41) is 4.63. The summed E-state index contributed by atoms with van der Waals surface area (Å²) in [4.78, 5) is 27.6. The third-order valence-corrected chi connectivity index (χ3v) is 4.04. The van der Waals surface area contributed by atoms with Crippen molar-refractivity contribution >= 4 is 22.7 Å². The fraction of sp³-hybridized carbons (Fsp3) is 0.278. The van der Waals surface area contributed by atoms with E-state index in [2.05, 4.69) is 10.1 Å². The van der Waals surface area contributed by atoms with Crippen molar-refractivity contribution in [3.63, 3.8) is 0 Å². The van der Waals surface area contributed by atoms with Crippen molar-refractivity contribution in [2.45, 2.75) is 27.2 Å². The lowest BCUT2D eigenvalue weighted by Crippen LogP contribution is -2.16. The molecule has 3 aromatic rings. The number of hydrogen-bond acceptors (Lipinski definition) is 5. The van der Waals surface area contributed by atoms with Gasteiger partial charge < -0.3 is 14.2 Å². The van der Waals surface area contributed by atoms with Gasteiger partial charge in [-0.15, -0.1) is 0 Å². The first-order valence-electron chi connectivity index (χ1n) is 7.65. The van der Waals surface area contributed by atoms with E-state index in [9.17, 15) is 9.59 Å². The van der Waals surface area contributed by atoms with E-state index in [1.54, 1.807) is 13.8 Å². The number of aromatic nitrogens is 2. The molecule has 124 valence electrons. The molecule has 0 bridgehead atoms. The molecule has 0 amide bonds. The molecule has 3 rings (SSSR count). The number of carbonyl (C=O) groups excluding carboxylic acids is 2. The monoisotopic (exact) mass is 326 g/mol. The molecule has 6 nitrogen and oxygen atoms in total. The maximum absolute atomic E-state index is 12.5. The smallest absolute Gasteiger partial charge is 0.310 e. The highest BCUT2D eigenvalue weighted by Gasteiger charge is 2.19. The highest BCUT2D eigenvalue weighted by Crippen LogP contribution is 2.22. The third-order valence-electron chi connectivity index (χ3n) is 4.04. The SMILES string of the molecule is Cc1noc(C)c1CC(=O)OCC(=O)c1c(C)[nH]c2ccccc12. The maximum Gasteiger partial charge on any atom is 0.310 e. The van der Waals surface area contributed by atoms with Crippen LogP contribution in [0.1, 0.15) is 33.1 Å². The average molecular weight is 326 g/mol. The van der Waals surface area contributed by atoms with Crippen LogP contribution in [0.25, 0.3) is 10.9 Å². The van der Waals surface area contributed by atoms with Crippen LogP contribution < -0.4 is 0 Å². The topological polar surface area (TPSA) is 85.2 Å². The Hall–Kier alpha value is -2.89. The second kappa shape index (κ2) is 6.31. The molecule has 1 aromatic carbocycles. The first kappa shape index (κ1) is 16.0. The minimum Gasteiger partial charge on any atom is -0.457 e. The quantitative estimate of drug-likeness (QED) is 0.575. The molecule has 0 saturated carbocycles. The second-order valence-electron chi connectivity index (χ2n) is 5.73. The number of esters is 1. The normalized spacial score (nSPS) is 11.0. The van der Waals surface area contributed by atoms with Crippen LogP contribution in [0.2, 0.25) is 0 Å². The first-order chi connectivity index (χ1) is 11.5. The zero-order valence-corrected chi connectivity index (χ0v) is 13.8. The number of ketones is 1. The third kappa shape index (κ3) is 2.95. The Morgan fingerprint density at radius 3 is 2.67 bits per heavy atom. The summed E-state index contributed by atoms with van der Waals surface area (Å²) in [6.45, 7) is 5.05. The van der Waals surface area contributed by atoms with E-state index in [1.807, 2.05) is 31.2 Å². The first-order valence-corrected chi connectivity index (χ1v) is 7.65. The van der Waals surface area contributed by atoms with Crippen LogP contribution in [0, 0.1) is 20.8 Å². The fourth-order valence-electron chi connectivity index (χ4n) is 2.80. The molecule has 0 aliphatic rings. The van der Waals surface area contributed by atoms with E-state index >= 15 is 0 Å². The van der Waals surface area contributed by atoms with Crippen molar-refractivity contribution in [3.05, 3.63) is 52.5 Å². The predicted molar refractivity (Wildman–Crippen MR) is 88.0 cm³/mol. The number of ether oxygens (including phenoxy) is 1. The summed E-state index contributed by atoms with van der Waals surface area (Å²) in [6, 6.07) is 7.55. The summed E-state index contributed by atoms with van der Waals surface area (Å²) in [5.41, 5.74) is 3.58. The van der Waals surface area contributed by atoms with Crippen LogP contribution in [0.5, 0.6) is 0 Å². The Morgan fingerprint density at radius 1 is 1.21 bits per heavy atom. The second-order valence-corrected chi connectivity index (χ2v) is 5.73. The van der Waals surface area contributed by atoms with Crippen LogP contribution in [0.4, 0.5) is 0 Å². The number of carbonyl (C=O) groups is 2. The van der Waals surface area contributed by atoms with Crippen LogP contribution in [0.15, 0.2) is 28.8 Å². The number of rotatable bonds is 5. The summed E-state index contributed by atoms with van der Waals surface area (Å²) >= 11 is 0. The van der Waals surface area contributed by atoms with Crippen LogP contribution in [-0.4, -0.2) is 28.5 Å². The number of nitrogens with one attached hydrogen (secondary N) is 1. The molecule has 0 aliphatic carbocycles. The van der Waals surface area contributed by atoms with Gasteiger partial charge in [-0.3, -0.25) is 9.59 Å². The molecule has 6 heteroatoms. The number of hydrogen-bond donors (Lipinski definition) is 1. The van der Waals surface area contributed by atoms with Crippen LogP contribution in [0.3, 0.4) is 0 Å². The van der Waals surface area contributed by atoms with Crippen molar-refractivity contribution in [1.82, 2.24) is 10.1 Å². The maximum atomic E-state index is 12.5. The van der Waals surface area contributed by atoms with Crippen LogP contribution in [-0.2, 0) is 16.0 Å². The highest BCUT2D eigenvalue weighted by atomic mass is 16.5. The molecular formula is C18H18N2O4. The number of aryl methyl sites for hydroxylation is 3. The molecule has 24 heavy (non-hydrogen) atoms. The molecule has 0 unspecified atom stereocenters. The number of nitrogens with zero attached hydrogens (tertiary/aromatic N) is 1. The highest BCUT2D eigenvalue weighted by molar-refractivity contribution is 6.10. The summed E-state index contributed by atoms with van der Waals surface area (Å²) in [7, 11) is 0. The molecule has 2 aromatic heterocycles. The van der Waals surface area contributed by atoms with E-state index in [0.29, 0.717) is 22.6 Å². The lowest BCUT2D eigenvalue weighted by atomic mass is 10.1. The summed E-state index contributed by atoms with van der Waals surface area (Å²) in [5.74, 6) is -0.115. The molecule has 1 N–H and O–H groups in total. The van der Waals surface area contributed by atoms with Gasteiger partial charge in [-0.2, -0.15) is 0 Å². The Bertz CT molecular complexity index is 901.